The molecule has 6 heteroatoms. The van der Waals surface area contributed by atoms with Gasteiger partial charge in [-0.15, -0.1) is 0 Å². The molecule has 5 nitrogen and oxygen atoms in total. The van der Waals surface area contributed by atoms with Crippen LogP contribution in [0.3, 0.4) is 0 Å². The monoisotopic (exact) mass is 346 g/mol. The highest BCUT2D eigenvalue weighted by Gasteiger charge is 2.09. The summed E-state index contributed by atoms with van der Waals surface area (Å²) in [5.74, 6) is 0.861. The van der Waals surface area contributed by atoms with Crippen molar-refractivity contribution in [3.8, 4) is 11.5 Å². The van der Waals surface area contributed by atoms with E-state index < -0.39 is 0 Å². The second kappa shape index (κ2) is 9.64. The van der Waals surface area contributed by atoms with E-state index in [9.17, 15) is 9.18 Å². The van der Waals surface area contributed by atoms with Gasteiger partial charge < -0.3 is 14.8 Å². The molecule has 1 N–H and O–H groups in total. The third-order valence-electron chi connectivity index (χ3n) is 3.65. The molecule has 0 aliphatic heterocycles. The fraction of sp³-hybridized carbons (Fsp3) is 0.316. The van der Waals surface area contributed by atoms with Crippen LogP contribution >= 0.6 is 0 Å². The molecule has 134 valence electrons. The van der Waals surface area contributed by atoms with E-state index in [1.54, 1.807) is 25.3 Å². The summed E-state index contributed by atoms with van der Waals surface area (Å²) in [4.78, 5) is 13.8. The van der Waals surface area contributed by atoms with Crippen molar-refractivity contribution < 1.29 is 18.7 Å². The van der Waals surface area contributed by atoms with E-state index in [0.717, 1.165) is 0 Å². The number of ether oxygens (including phenoxy) is 2. The normalized spacial score (nSPS) is 10.6. The minimum absolute atomic E-state index is 0.164. The fourth-order valence-electron chi connectivity index (χ4n) is 2.27. The van der Waals surface area contributed by atoms with Crippen LogP contribution in [0, 0.1) is 5.82 Å². The molecule has 0 saturated heterocycles. The lowest BCUT2D eigenvalue weighted by Crippen LogP contribution is -2.36. The number of para-hydroxylation sites is 2. The number of hydrogen-bond acceptors (Lipinski definition) is 4. The Balaban J connectivity index is 1.70. The van der Waals surface area contributed by atoms with Gasteiger partial charge in [0.05, 0.1) is 13.7 Å². The van der Waals surface area contributed by atoms with Crippen molar-refractivity contribution in [1.29, 1.82) is 0 Å². The van der Waals surface area contributed by atoms with E-state index in [0.29, 0.717) is 30.2 Å². The van der Waals surface area contributed by atoms with Crippen molar-refractivity contribution in [2.24, 2.45) is 0 Å². The van der Waals surface area contributed by atoms with Crippen molar-refractivity contribution >= 4 is 5.91 Å². The maximum atomic E-state index is 13.5. The average molecular weight is 346 g/mol. The van der Waals surface area contributed by atoms with Crippen LogP contribution in [0.15, 0.2) is 48.5 Å². The highest BCUT2D eigenvalue weighted by Crippen LogP contribution is 2.25. The van der Waals surface area contributed by atoms with Gasteiger partial charge in [-0.3, -0.25) is 9.69 Å². The Labute approximate surface area is 147 Å². The van der Waals surface area contributed by atoms with Crippen LogP contribution in [0.2, 0.25) is 0 Å². The van der Waals surface area contributed by atoms with Gasteiger partial charge >= 0.3 is 0 Å². The predicted molar refractivity (Wildman–Crippen MR) is 94.2 cm³/mol. The second-order valence-corrected chi connectivity index (χ2v) is 5.61. The molecule has 0 saturated carbocycles. The molecule has 2 aromatic rings. The van der Waals surface area contributed by atoms with E-state index in [1.165, 1.54) is 6.07 Å². The van der Waals surface area contributed by atoms with Crippen LogP contribution < -0.4 is 14.8 Å². The lowest BCUT2D eigenvalue weighted by molar-refractivity contribution is -0.122. The third-order valence-corrected chi connectivity index (χ3v) is 3.65. The molecule has 0 unspecified atom stereocenters. The Kier molecular flexibility index (Phi) is 7.22. The maximum absolute atomic E-state index is 13.5. The van der Waals surface area contributed by atoms with Gasteiger partial charge in [-0.05, 0) is 25.2 Å². The topological polar surface area (TPSA) is 50.8 Å². The smallest absolute Gasteiger partial charge is 0.234 e. The van der Waals surface area contributed by atoms with Gasteiger partial charge in [0.25, 0.3) is 0 Å². The van der Waals surface area contributed by atoms with Crippen molar-refractivity contribution in [1.82, 2.24) is 10.2 Å². The molecule has 2 aromatic carbocycles. The molecular weight excluding hydrogens is 323 g/mol. The first kappa shape index (κ1) is 18.7. The number of nitrogens with zero attached hydrogens (tertiary/aromatic N) is 1. The first-order valence-electron chi connectivity index (χ1n) is 8.04. The number of methoxy groups -OCH3 is 1. The van der Waals surface area contributed by atoms with Crippen molar-refractivity contribution in [2.45, 2.75) is 6.54 Å². The van der Waals surface area contributed by atoms with Gasteiger partial charge in [-0.1, -0.05) is 30.3 Å². The van der Waals surface area contributed by atoms with Gasteiger partial charge in [0, 0.05) is 18.7 Å². The molecule has 1 amide bonds. The van der Waals surface area contributed by atoms with Crippen LogP contribution in [0.5, 0.6) is 11.5 Å². The molecule has 0 radical (unpaired) electrons. The quantitative estimate of drug-likeness (QED) is 0.758. The average Bonchev–Trinajstić information content (AvgIpc) is 2.61. The molecule has 0 aromatic heterocycles. The minimum Gasteiger partial charge on any atom is -0.493 e. The molecule has 0 heterocycles. The molecule has 0 aliphatic rings. The summed E-state index contributed by atoms with van der Waals surface area (Å²) in [7, 11) is 3.42. The number of amides is 1. The zero-order valence-corrected chi connectivity index (χ0v) is 14.5. The van der Waals surface area contributed by atoms with Crippen LogP contribution in [-0.2, 0) is 11.3 Å². The standard InChI is InChI=1S/C19H23FN2O3/c1-22(11-12-25-18-10-6-5-9-17(18)24-2)14-19(23)21-13-15-7-3-4-8-16(15)20/h3-10H,11-14H2,1-2H3,(H,21,23). The molecule has 0 fully saturated rings. The lowest BCUT2D eigenvalue weighted by atomic mass is 10.2. The van der Waals surface area contributed by atoms with Crippen LogP contribution in [0.1, 0.15) is 5.56 Å². The minimum atomic E-state index is -0.318. The van der Waals surface area contributed by atoms with E-state index >= 15 is 0 Å². The number of carbonyl (C=O) groups excluding carboxylic acids is 1. The number of halogens is 1. The van der Waals surface area contributed by atoms with E-state index in [-0.39, 0.29) is 24.8 Å². The molecule has 0 bridgehead atoms. The Morgan fingerprint density at radius 3 is 2.52 bits per heavy atom. The van der Waals surface area contributed by atoms with E-state index in [2.05, 4.69) is 5.32 Å². The summed E-state index contributed by atoms with van der Waals surface area (Å²) in [6.45, 7) is 1.39. The summed E-state index contributed by atoms with van der Waals surface area (Å²) in [5, 5.41) is 2.72. The number of likely N-dealkylation sites (N-methyl/N-ethyl adjacent to an activating group) is 1. The molecule has 2 rings (SSSR count). The molecule has 0 spiro atoms. The van der Waals surface area contributed by atoms with E-state index in [1.807, 2.05) is 36.2 Å². The summed E-state index contributed by atoms with van der Waals surface area (Å²) in [5.41, 5.74) is 0.470. The van der Waals surface area contributed by atoms with Crippen molar-refractivity contribution in [3.63, 3.8) is 0 Å². The SMILES string of the molecule is COc1ccccc1OCCN(C)CC(=O)NCc1ccccc1F. The molecular formula is C19H23FN2O3. The number of nitrogens with one attached hydrogen (secondary N) is 1. The van der Waals surface area contributed by atoms with Crippen LogP contribution in [0.4, 0.5) is 4.39 Å². The van der Waals surface area contributed by atoms with Gasteiger partial charge in [-0.25, -0.2) is 4.39 Å². The van der Waals surface area contributed by atoms with Gasteiger partial charge in [-0.2, -0.15) is 0 Å². The van der Waals surface area contributed by atoms with Gasteiger partial charge in [0.2, 0.25) is 5.91 Å². The number of benzene rings is 2. The highest BCUT2D eigenvalue weighted by atomic mass is 19.1. The Hall–Kier alpha value is -2.60. The lowest BCUT2D eigenvalue weighted by Gasteiger charge is -2.17. The van der Waals surface area contributed by atoms with Gasteiger partial charge in [0.15, 0.2) is 11.5 Å². The largest absolute Gasteiger partial charge is 0.493 e. The predicted octanol–water partition coefficient (Wildman–Crippen LogP) is 2.46. The number of hydrogen-bond donors (Lipinski definition) is 1. The van der Waals surface area contributed by atoms with Crippen molar-refractivity contribution in [3.05, 3.63) is 59.9 Å². The summed E-state index contributed by atoms with van der Waals surface area (Å²) < 4.78 is 24.4. The Morgan fingerprint density at radius 1 is 1.12 bits per heavy atom. The summed E-state index contributed by atoms with van der Waals surface area (Å²) in [6, 6.07) is 13.8. The first-order valence-corrected chi connectivity index (χ1v) is 8.04. The summed E-state index contributed by atoms with van der Waals surface area (Å²) >= 11 is 0. The van der Waals surface area contributed by atoms with Crippen LogP contribution in [0.25, 0.3) is 0 Å². The fourth-order valence-corrected chi connectivity index (χ4v) is 2.27. The highest BCUT2D eigenvalue weighted by molar-refractivity contribution is 5.77. The van der Waals surface area contributed by atoms with Gasteiger partial charge in [0.1, 0.15) is 12.4 Å². The second-order valence-electron chi connectivity index (χ2n) is 5.61. The molecule has 0 atom stereocenters. The molecule has 0 aliphatic carbocycles. The summed E-state index contributed by atoms with van der Waals surface area (Å²) in [6.07, 6.45) is 0. The number of carbonyl (C=O) groups is 1. The Morgan fingerprint density at radius 2 is 1.80 bits per heavy atom. The van der Waals surface area contributed by atoms with Crippen LogP contribution in [-0.4, -0.2) is 44.7 Å². The zero-order valence-electron chi connectivity index (χ0n) is 14.5. The first-order chi connectivity index (χ1) is 12.1. The van der Waals surface area contributed by atoms with Crippen molar-refractivity contribution in [2.75, 3.05) is 33.9 Å². The van der Waals surface area contributed by atoms with E-state index in [4.69, 9.17) is 9.47 Å². The maximum Gasteiger partial charge on any atom is 0.234 e. The zero-order chi connectivity index (χ0) is 18.1. The Bertz CT molecular complexity index is 694. The third kappa shape index (κ3) is 6.08. The molecule has 25 heavy (non-hydrogen) atoms. The number of rotatable bonds is 9.